The minimum atomic E-state index is -0.468. The molecular formula is C26H25N7O. The number of fused-ring (bicyclic) bond motifs is 1. The highest BCUT2D eigenvalue weighted by molar-refractivity contribution is 6.04. The molecule has 5 aromatic rings. The van der Waals surface area contributed by atoms with Crippen LogP contribution in [0.2, 0.25) is 0 Å². The number of hydrogen-bond donors (Lipinski definition) is 2. The monoisotopic (exact) mass is 451 g/mol. The average Bonchev–Trinajstić information content (AvgIpc) is 3.52. The molecule has 0 saturated carbocycles. The summed E-state index contributed by atoms with van der Waals surface area (Å²) in [7, 11) is 0. The zero-order chi connectivity index (χ0) is 23.5. The highest BCUT2D eigenvalue weighted by Gasteiger charge is 2.17. The lowest BCUT2D eigenvalue weighted by atomic mass is 9.97. The van der Waals surface area contributed by atoms with Gasteiger partial charge in [0, 0.05) is 18.5 Å². The molecule has 0 aliphatic rings. The van der Waals surface area contributed by atoms with Crippen LogP contribution in [-0.2, 0) is 13.0 Å². The molecule has 8 nitrogen and oxygen atoms in total. The Kier molecular flexibility index (Phi) is 5.86. The molecular weight excluding hydrogens is 426 g/mol. The van der Waals surface area contributed by atoms with Gasteiger partial charge >= 0.3 is 0 Å². The molecule has 3 N–H and O–H groups in total. The van der Waals surface area contributed by atoms with Gasteiger partial charge in [-0.2, -0.15) is 0 Å². The fourth-order valence-corrected chi connectivity index (χ4v) is 4.31. The third kappa shape index (κ3) is 4.05. The third-order valence-corrected chi connectivity index (χ3v) is 5.99. The van der Waals surface area contributed by atoms with E-state index in [-0.39, 0.29) is 0 Å². The van der Waals surface area contributed by atoms with Crippen LogP contribution in [-0.4, -0.2) is 36.1 Å². The van der Waals surface area contributed by atoms with Crippen molar-refractivity contribution in [2.75, 3.05) is 0 Å². The first-order chi connectivity index (χ1) is 16.7. The van der Waals surface area contributed by atoms with E-state index in [4.69, 9.17) is 10.7 Å². The summed E-state index contributed by atoms with van der Waals surface area (Å²) >= 11 is 0. The number of nitrogens with two attached hydrogens (primary N) is 1. The van der Waals surface area contributed by atoms with Gasteiger partial charge < -0.3 is 10.3 Å². The van der Waals surface area contributed by atoms with Crippen molar-refractivity contribution >= 4 is 16.9 Å². The number of H-pyrrole nitrogens is 1. The van der Waals surface area contributed by atoms with Gasteiger partial charge in [-0.05, 0) is 51.7 Å². The van der Waals surface area contributed by atoms with Crippen molar-refractivity contribution in [2.24, 2.45) is 5.73 Å². The van der Waals surface area contributed by atoms with Gasteiger partial charge in [-0.15, -0.1) is 5.10 Å². The first-order valence-corrected chi connectivity index (χ1v) is 11.4. The number of amides is 1. The van der Waals surface area contributed by atoms with Crippen LogP contribution in [0.25, 0.3) is 33.5 Å². The van der Waals surface area contributed by atoms with Gasteiger partial charge in [0.15, 0.2) is 5.82 Å². The molecule has 0 unspecified atom stereocenters. The number of unbranched alkanes of at least 4 members (excludes halogenated alkanes) is 1. The van der Waals surface area contributed by atoms with Gasteiger partial charge in [0.05, 0.1) is 11.1 Å². The molecule has 0 atom stereocenters. The second kappa shape index (κ2) is 9.27. The summed E-state index contributed by atoms with van der Waals surface area (Å²) in [5.41, 5.74) is 11.8. The van der Waals surface area contributed by atoms with E-state index in [0.717, 1.165) is 52.9 Å². The summed E-state index contributed by atoms with van der Waals surface area (Å²) < 4.78 is 2.18. The second-order valence-corrected chi connectivity index (χ2v) is 8.25. The van der Waals surface area contributed by atoms with Crippen LogP contribution in [0.1, 0.15) is 41.5 Å². The Morgan fingerprint density at radius 2 is 1.88 bits per heavy atom. The lowest BCUT2D eigenvalue weighted by molar-refractivity contribution is 0.100. The molecule has 0 aliphatic heterocycles. The lowest BCUT2D eigenvalue weighted by Gasteiger charge is -2.13. The molecule has 2 aromatic heterocycles. The van der Waals surface area contributed by atoms with E-state index in [1.807, 2.05) is 30.3 Å². The zero-order valence-corrected chi connectivity index (χ0v) is 18.9. The van der Waals surface area contributed by atoms with Gasteiger partial charge in [-0.25, -0.2) is 10.1 Å². The second-order valence-electron chi connectivity index (χ2n) is 8.25. The smallest absolute Gasteiger partial charge is 0.250 e. The number of carbonyl (C=O) groups excluding carboxylic acids is 1. The number of para-hydroxylation sites is 1. The number of carbonyl (C=O) groups is 1. The Morgan fingerprint density at radius 3 is 2.62 bits per heavy atom. The van der Waals surface area contributed by atoms with Gasteiger partial charge in [-0.1, -0.05) is 61.9 Å². The van der Waals surface area contributed by atoms with Crippen molar-refractivity contribution < 1.29 is 4.79 Å². The van der Waals surface area contributed by atoms with E-state index < -0.39 is 5.91 Å². The number of aromatic nitrogens is 6. The van der Waals surface area contributed by atoms with Crippen molar-refractivity contribution in [1.82, 2.24) is 30.2 Å². The molecule has 5 rings (SSSR count). The number of nitrogens with one attached hydrogen (secondary N) is 1. The summed E-state index contributed by atoms with van der Waals surface area (Å²) in [5, 5.41) is 14.6. The minimum absolute atomic E-state index is 0.446. The summed E-state index contributed by atoms with van der Waals surface area (Å²) in [6, 6.07) is 22.1. The fraction of sp³-hybridized carbons (Fsp3) is 0.192. The van der Waals surface area contributed by atoms with E-state index in [1.165, 1.54) is 0 Å². The molecule has 0 bridgehead atoms. The molecule has 0 aliphatic carbocycles. The zero-order valence-electron chi connectivity index (χ0n) is 18.9. The molecule has 3 aromatic carbocycles. The van der Waals surface area contributed by atoms with Crippen LogP contribution >= 0.6 is 0 Å². The minimum Gasteiger partial charge on any atom is -0.366 e. The number of imidazole rings is 1. The van der Waals surface area contributed by atoms with Crippen molar-refractivity contribution in [3.8, 4) is 22.5 Å². The lowest BCUT2D eigenvalue weighted by Crippen LogP contribution is -2.11. The summed E-state index contributed by atoms with van der Waals surface area (Å²) in [4.78, 5) is 16.8. The third-order valence-electron chi connectivity index (χ3n) is 5.99. The number of nitrogens with zero attached hydrogens (tertiary/aromatic N) is 5. The fourth-order valence-electron chi connectivity index (χ4n) is 4.31. The Bertz CT molecular complexity index is 1440. The van der Waals surface area contributed by atoms with Crippen molar-refractivity contribution in [1.29, 1.82) is 0 Å². The van der Waals surface area contributed by atoms with Gasteiger partial charge in [0.25, 0.3) is 5.91 Å². The molecule has 34 heavy (non-hydrogen) atoms. The van der Waals surface area contributed by atoms with Gasteiger partial charge in [0.2, 0.25) is 0 Å². The van der Waals surface area contributed by atoms with E-state index in [1.54, 1.807) is 6.07 Å². The average molecular weight is 452 g/mol. The Labute approximate surface area is 196 Å². The number of benzene rings is 3. The Hall–Kier alpha value is -4.33. The Balaban J connectivity index is 1.62. The molecule has 0 fully saturated rings. The van der Waals surface area contributed by atoms with E-state index in [0.29, 0.717) is 23.4 Å². The summed E-state index contributed by atoms with van der Waals surface area (Å²) in [5.74, 6) is 1.09. The largest absolute Gasteiger partial charge is 0.366 e. The highest BCUT2D eigenvalue weighted by atomic mass is 16.1. The first kappa shape index (κ1) is 21.5. The number of hydrogen-bond acceptors (Lipinski definition) is 5. The number of primary amides is 1. The standard InChI is InChI=1S/C26H25N7O/c1-2-3-12-23-28-24-20(25(27)34)10-7-11-22(24)33(23)16-17-13-14-19(18-8-5-4-6-9-18)21(15-17)26-29-31-32-30-26/h4-11,13-15H,2-3,12,16H2,1H3,(H2,27,34)(H,29,30,31,32). The number of aromatic amines is 1. The van der Waals surface area contributed by atoms with Crippen LogP contribution < -0.4 is 5.73 Å². The van der Waals surface area contributed by atoms with E-state index in [2.05, 4.69) is 62.4 Å². The van der Waals surface area contributed by atoms with Crippen molar-refractivity contribution in [3.63, 3.8) is 0 Å². The van der Waals surface area contributed by atoms with Crippen molar-refractivity contribution in [3.05, 3.63) is 83.7 Å². The molecule has 0 spiro atoms. The van der Waals surface area contributed by atoms with Crippen LogP contribution in [0.15, 0.2) is 66.7 Å². The number of aryl methyl sites for hydroxylation is 1. The van der Waals surface area contributed by atoms with Crippen LogP contribution in [0, 0.1) is 0 Å². The Morgan fingerprint density at radius 1 is 1.03 bits per heavy atom. The molecule has 0 saturated heterocycles. The maximum Gasteiger partial charge on any atom is 0.250 e. The van der Waals surface area contributed by atoms with E-state index >= 15 is 0 Å². The summed E-state index contributed by atoms with van der Waals surface area (Å²) in [6.45, 7) is 2.75. The number of tetrazole rings is 1. The van der Waals surface area contributed by atoms with Crippen LogP contribution in [0.4, 0.5) is 0 Å². The molecule has 1 amide bonds. The normalized spacial score (nSPS) is 11.2. The highest BCUT2D eigenvalue weighted by Crippen LogP contribution is 2.31. The van der Waals surface area contributed by atoms with Crippen LogP contribution in [0.3, 0.4) is 0 Å². The predicted octanol–water partition coefficient (Wildman–Crippen LogP) is 4.37. The van der Waals surface area contributed by atoms with Gasteiger partial charge in [-0.3, -0.25) is 4.79 Å². The number of rotatable bonds is 8. The first-order valence-electron chi connectivity index (χ1n) is 11.4. The molecule has 0 radical (unpaired) electrons. The molecule has 170 valence electrons. The SMILES string of the molecule is CCCCc1nc2c(C(N)=O)cccc2n1Cc1ccc(-c2ccccc2)c(-c2nnn[nH]2)c1. The van der Waals surface area contributed by atoms with Crippen molar-refractivity contribution in [2.45, 2.75) is 32.7 Å². The molecule has 2 heterocycles. The maximum absolute atomic E-state index is 12.0. The van der Waals surface area contributed by atoms with Crippen LogP contribution in [0.5, 0.6) is 0 Å². The topological polar surface area (TPSA) is 115 Å². The maximum atomic E-state index is 12.0. The summed E-state index contributed by atoms with van der Waals surface area (Å²) in [6.07, 6.45) is 2.89. The molecule has 8 heteroatoms. The quantitative estimate of drug-likeness (QED) is 0.363. The van der Waals surface area contributed by atoms with E-state index in [9.17, 15) is 4.79 Å². The van der Waals surface area contributed by atoms with Gasteiger partial charge in [0.1, 0.15) is 11.3 Å². The predicted molar refractivity (Wildman–Crippen MR) is 131 cm³/mol.